The SMILES string of the molecule is CSc1ccc(N)c(F)c1.N#Cc1cnc(N2CCC(N3CCCC3=O)CC2)cn1. The van der Waals surface area contributed by atoms with Gasteiger partial charge in [-0.1, -0.05) is 0 Å². The Morgan fingerprint density at radius 1 is 1.23 bits per heavy atom. The maximum Gasteiger partial charge on any atom is 0.222 e. The van der Waals surface area contributed by atoms with Gasteiger partial charge in [0.25, 0.3) is 0 Å². The van der Waals surface area contributed by atoms with Gasteiger partial charge in [-0.05, 0) is 43.7 Å². The quantitative estimate of drug-likeness (QED) is 0.592. The normalized spacial score (nSPS) is 16.8. The van der Waals surface area contributed by atoms with Crippen LogP contribution in [0.4, 0.5) is 15.9 Å². The summed E-state index contributed by atoms with van der Waals surface area (Å²) in [6.07, 6.45) is 8.72. The molecule has 2 aliphatic rings. The van der Waals surface area contributed by atoms with E-state index >= 15 is 0 Å². The fraction of sp³-hybridized carbons (Fsp3) is 0.429. The van der Waals surface area contributed by atoms with Crippen LogP contribution in [-0.2, 0) is 4.79 Å². The number of nitrogen functional groups attached to an aromatic ring is 1. The lowest BCUT2D eigenvalue weighted by Gasteiger charge is -2.37. The lowest BCUT2D eigenvalue weighted by Crippen LogP contribution is -2.45. The van der Waals surface area contributed by atoms with Crippen LogP contribution in [0.1, 0.15) is 31.4 Å². The zero-order valence-electron chi connectivity index (χ0n) is 16.9. The molecule has 0 spiro atoms. The van der Waals surface area contributed by atoms with E-state index in [1.807, 2.05) is 17.2 Å². The average Bonchev–Trinajstić information content (AvgIpc) is 3.22. The van der Waals surface area contributed by atoms with Gasteiger partial charge in [-0.25, -0.2) is 14.4 Å². The summed E-state index contributed by atoms with van der Waals surface area (Å²) in [6.45, 7) is 2.68. The first-order valence-electron chi connectivity index (χ1n) is 9.87. The van der Waals surface area contributed by atoms with Gasteiger partial charge >= 0.3 is 0 Å². The highest BCUT2D eigenvalue weighted by molar-refractivity contribution is 7.98. The number of anilines is 2. The summed E-state index contributed by atoms with van der Waals surface area (Å²) in [6, 6.07) is 7.15. The molecule has 0 atom stereocenters. The molecule has 1 amide bonds. The van der Waals surface area contributed by atoms with E-state index in [4.69, 9.17) is 11.0 Å². The van der Waals surface area contributed by atoms with Gasteiger partial charge < -0.3 is 15.5 Å². The number of halogens is 1. The van der Waals surface area contributed by atoms with Crippen molar-refractivity contribution in [1.29, 1.82) is 5.26 Å². The molecular formula is C21H25FN6OS. The molecule has 0 bridgehead atoms. The number of nitriles is 1. The summed E-state index contributed by atoms with van der Waals surface area (Å²) in [4.78, 5) is 25.2. The molecule has 7 nitrogen and oxygen atoms in total. The van der Waals surface area contributed by atoms with Gasteiger partial charge in [0.15, 0.2) is 5.69 Å². The van der Waals surface area contributed by atoms with E-state index in [1.54, 1.807) is 18.3 Å². The van der Waals surface area contributed by atoms with E-state index in [-0.39, 0.29) is 11.5 Å². The van der Waals surface area contributed by atoms with Crippen molar-refractivity contribution in [2.24, 2.45) is 0 Å². The number of likely N-dealkylation sites (tertiary alicyclic amines) is 1. The largest absolute Gasteiger partial charge is 0.396 e. The highest BCUT2D eigenvalue weighted by Crippen LogP contribution is 2.24. The molecule has 30 heavy (non-hydrogen) atoms. The molecule has 2 saturated heterocycles. The molecule has 1 aromatic carbocycles. The maximum absolute atomic E-state index is 12.6. The van der Waals surface area contributed by atoms with E-state index < -0.39 is 0 Å². The van der Waals surface area contributed by atoms with Crippen LogP contribution in [-0.4, -0.2) is 52.7 Å². The Morgan fingerprint density at radius 2 is 2.00 bits per heavy atom. The second-order valence-electron chi connectivity index (χ2n) is 7.17. The van der Waals surface area contributed by atoms with E-state index in [0.717, 1.165) is 49.6 Å². The van der Waals surface area contributed by atoms with Crippen molar-refractivity contribution in [2.75, 3.05) is 36.5 Å². The number of piperidine rings is 1. The maximum atomic E-state index is 12.6. The van der Waals surface area contributed by atoms with E-state index in [1.165, 1.54) is 24.0 Å². The fourth-order valence-electron chi connectivity index (χ4n) is 3.64. The molecule has 0 radical (unpaired) electrons. The molecule has 3 heterocycles. The van der Waals surface area contributed by atoms with E-state index in [0.29, 0.717) is 24.1 Å². The monoisotopic (exact) mass is 428 g/mol. The molecule has 4 rings (SSSR count). The first-order chi connectivity index (χ1) is 14.5. The molecular weight excluding hydrogens is 403 g/mol. The van der Waals surface area contributed by atoms with Crippen molar-refractivity contribution >= 4 is 29.2 Å². The van der Waals surface area contributed by atoms with Gasteiger partial charge in [0.1, 0.15) is 17.7 Å². The number of thioether (sulfide) groups is 1. The van der Waals surface area contributed by atoms with Crippen LogP contribution in [0.2, 0.25) is 0 Å². The Labute approximate surface area is 180 Å². The number of nitrogens with zero attached hydrogens (tertiary/aromatic N) is 5. The highest BCUT2D eigenvalue weighted by atomic mass is 32.2. The molecule has 2 fully saturated rings. The van der Waals surface area contributed by atoms with Crippen molar-refractivity contribution in [3.05, 3.63) is 42.1 Å². The Balaban J connectivity index is 0.000000216. The molecule has 158 valence electrons. The number of hydrogen-bond acceptors (Lipinski definition) is 7. The van der Waals surface area contributed by atoms with Gasteiger partial charge in [-0.2, -0.15) is 5.26 Å². The highest BCUT2D eigenvalue weighted by Gasteiger charge is 2.30. The first-order valence-corrected chi connectivity index (χ1v) is 11.1. The van der Waals surface area contributed by atoms with Crippen LogP contribution >= 0.6 is 11.8 Å². The zero-order chi connectivity index (χ0) is 21.5. The standard InChI is InChI=1S/C14H17N5O.C7H8FNS/c15-8-11-9-17-13(10-16-11)18-6-3-12(4-7-18)19-5-1-2-14(19)20;1-10-5-2-3-7(9)6(8)4-5/h9-10,12H,1-7H2;2-4H,9H2,1H3. The van der Waals surface area contributed by atoms with Crippen molar-refractivity contribution in [2.45, 2.75) is 36.6 Å². The van der Waals surface area contributed by atoms with Crippen LogP contribution in [0.15, 0.2) is 35.5 Å². The summed E-state index contributed by atoms with van der Waals surface area (Å²) in [7, 11) is 0. The first kappa shape index (κ1) is 21.8. The molecule has 0 aliphatic carbocycles. The minimum Gasteiger partial charge on any atom is -0.396 e. The molecule has 0 unspecified atom stereocenters. The summed E-state index contributed by atoms with van der Waals surface area (Å²) in [5.41, 5.74) is 5.80. The minimum absolute atomic E-state index is 0.206. The minimum atomic E-state index is -0.341. The number of nitrogens with two attached hydrogens (primary N) is 1. The zero-order valence-corrected chi connectivity index (χ0v) is 17.7. The van der Waals surface area contributed by atoms with Crippen LogP contribution in [0.3, 0.4) is 0 Å². The summed E-state index contributed by atoms with van der Waals surface area (Å²) in [5, 5.41) is 8.72. The van der Waals surface area contributed by atoms with Crippen LogP contribution in [0, 0.1) is 17.1 Å². The van der Waals surface area contributed by atoms with Crippen LogP contribution in [0.5, 0.6) is 0 Å². The van der Waals surface area contributed by atoms with Gasteiger partial charge in [-0.3, -0.25) is 4.79 Å². The number of amides is 1. The molecule has 1 aromatic heterocycles. The number of carbonyl (C=O) groups excluding carboxylic acids is 1. The van der Waals surface area contributed by atoms with Gasteiger partial charge in [0.2, 0.25) is 5.91 Å². The van der Waals surface area contributed by atoms with Gasteiger partial charge in [0.05, 0.1) is 18.1 Å². The molecule has 2 aliphatic heterocycles. The Bertz CT molecular complexity index is 909. The molecule has 2 N–H and O–H groups in total. The predicted octanol–water partition coefficient (Wildman–Crippen LogP) is 3.07. The number of hydrogen-bond donors (Lipinski definition) is 1. The molecule has 9 heteroatoms. The third kappa shape index (κ3) is 5.39. The van der Waals surface area contributed by atoms with E-state index in [2.05, 4.69) is 14.9 Å². The third-order valence-electron chi connectivity index (χ3n) is 5.30. The summed E-state index contributed by atoms with van der Waals surface area (Å²) >= 11 is 1.50. The van der Waals surface area contributed by atoms with Crippen molar-refractivity contribution in [3.8, 4) is 6.07 Å². The average molecular weight is 429 g/mol. The lowest BCUT2D eigenvalue weighted by molar-refractivity contribution is -0.130. The number of carbonyl (C=O) groups is 1. The summed E-state index contributed by atoms with van der Waals surface area (Å²) in [5.74, 6) is 0.781. The Morgan fingerprint density at radius 3 is 2.53 bits per heavy atom. The third-order valence-corrected chi connectivity index (χ3v) is 6.02. The van der Waals surface area contributed by atoms with Gasteiger partial charge in [-0.15, -0.1) is 11.8 Å². The summed E-state index contributed by atoms with van der Waals surface area (Å²) < 4.78 is 12.6. The molecule has 2 aromatic rings. The molecule has 0 saturated carbocycles. The second-order valence-corrected chi connectivity index (χ2v) is 8.05. The smallest absolute Gasteiger partial charge is 0.222 e. The topological polar surface area (TPSA) is 99.1 Å². The Kier molecular flexibility index (Phi) is 7.46. The van der Waals surface area contributed by atoms with Crippen molar-refractivity contribution < 1.29 is 9.18 Å². The predicted molar refractivity (Wildman–Crippen MR) is 116 cm³/mol. The Hall–Kier alpha value is -2.86. The van der Waals surface area contributed by atoms with Crippen molar-refractivity contribution in [3.63, 3.8) is 0 Å². The fourth-order valence-corrected chi connectivity index (χ4v) is 4.06. The van der Waals surface area contributed by atoms with Crippen LogP contribution < -0.4 is 10.6 Å². The van der Waals surface area contributed by atoms with E-state index in [9.17, 15) is 9.18 Å². The lowest BCUT2D eigenvalue weighted by atomic mass is 10.0. The number of aromatic nitrogens is 2. The van der Waals surface area contributed by atoms with Gasteiger partial charge in [0, 0.05) is 37.0 Å². The van der Waals surface area contributed by atoms with Crippen molar-refractivity contribution in [1.82, 2.24) is 14.9 Å². The van der Waals surface area contributed by atoms with Crippen LogP contribution in [0.25, 0.3) is 0 Å². The second kappa shape index (κ2) is 10.3. The number of benzene rings is 1. The number of rotatable bonds is 3.